The number of rotatable bonds is 7. The van der Waals surface area contributed by atoms with E-state index in [4.69, 9.17) is 0 Å². The number of benzene rings is 1. The standard InChI is InChI=1S/C19H29N3/c1-6-22(7-2)19(14(3)4)13-20-18-12-15(5)21-17-11-9-8-10-16(17)18/h8-12,14,19H,6-7,13H2,1-5H3,(H,20,21). The quantitative estimate of drug-likeness (QED) is 0.825. The highest BCUT2D eigenvalue weighted by molar-refractivity contribution is 5.91. The van der Waals surface area contributed by atoms with Gasteiger partial charge < -0.3 is 5.32 Å². The summed E-state index contributed by atoms with van der Waals surface area (Å²) in [6.07, 6.45) is 0. The molecule has 0 saturated carbocycles. The normalized spacial score (nSPS) is 13.0. The van der Waals surface area contributed by atoms with Crippen molar-refractivity contribution in [3.8, 4) is 0 Å². The minimum Gasteiger partial charge on any atom is -0.383 e. The maximum atomic E-state index is 4.62. The third-order valence-electron chi connectivity index (χ3n) is 4.40. The first kappa shape index (κ1) is 16.8. The molecule has 1 N–H and O–H groups in total. The van der Waals surface area contributed by atoms with Crippen LogP contribution in [0.2, 0.25) is 0 Å². The number of pyridine rings is 1. The second kappa shape index (κ2) is 7.59. The fourth-order valence-corrected chi connectivity index (χ4v) is 3.15. The summed E-state index contributed by atoms with van der Waals surface area (Å²) in [7, 11) is 0. The molecule has 2 rings (SSSR count). The lowest BCUT2D eigenvalue weighted by atomic mass is 10.0. The Bertz CT molecular complexity index is 603. The Balaban J connectivity index is 2.23. The Morgan fingerprint density at radius 2 is 1.82 bits per heavy atom. The van der Waals surface area contributed by atoms with Crippen LogP contribution in [0.25, 0.3) is 10.9 Å². The van der Waals surface area contributed by atoms with E-state index in [1.807, 2.05) is 6.07 Å². The molecular weight excluding hydrogens is 270 g/mol. The Morgan fingerprint density at radius 1 is 1.14 bits per heavy atom. The van der Waals surface area contributed by atoms with Crippen molar-refractivity contribution >= 4 is 16.6 Å². The minimum atomic E-state index is 0.544. The molecule has 2 aromatic rings. The van der Waals surface area contributed by atoms with Crippen molar-refractivity contribution in [2.75, 3.05) is 25.0 Å². The monoisotopic (exact) mass is 299 g/mol. The van der Waals surface area contributed by atoms with Crippen LogP contribution >= 0.6 is 0 Å². The first-order chi connectivity index (χ1) is 10.6. The van der Waals surface area contributed by atoms with Crippen LogP contribution in [0.1, 0.15) is 33.4 Å². The maximum Gasteiger partial charge on any atom is 0.0725 e. The highest BCUT2D eigenvalue weighted by Crippen LogP contribution is 2.23. The zero-order valence-corrected chi connectivity index (χ0v) is 14.6. The van der Waals surface area contributed by atoms with Gasteiger partial charge in [-0.1, -0.05) is 45.9 Å². The van der Waals surface area contributed by atoms with E-state index in [0.717, 1.165) is 30.8 Å². The van der Waals surface area contributed by atoms with Gasteiger partial charge in [-0.2, -0.15) is 0 Å². The molecule has 1 atom stereocenters. The molecule has 1 heterocycles. The summed E-state index contributed by atoms with van der Waals surface area (Å²) in [5, 5.41) is 4.88. The van der Waals surface area contributed by atoms with E-state index in [1.54, 1.807) is 0 Å². The summed E-state index contributed by atoms with van der Waals surface area (Å²) in [6, 6.07) is 11.0. The van der Waals surface area contributed by atoms with Gasteiger partial charge in [0.05, 0.1) is 5.52 Å². The molecule has 0 aliphatic rings. The SMILES string of the molecule is CCN(CC)C(CNc1cc(C)nc2ccccc12)C(C)C. The molecule has 0 spiro atoms. The largest absolute Gasteiger partial charge is 0.383 e. The number of anilines is 1. The third-order valence-corrected chi connectivity index (χ3v) is 4.40. The average molecular weight is 299 g/mol. The molecule has 0 fully saturated rings. The van der Waals surface area contributed by atoms with Crippen molar-refractivity contribution in [3.05, 3.63) is 36.0 Å². The lowest BCUT2D eigenvalue weighted by Gasteiger charge is -2.33. The third kappa shape index (κ3) is 3.77. The van der Waals surface area contributed by atoms with E-state index in [1.165, 1.54) is 11.1 Å². The zero-order chi connectivity index (χ0) is 16.1. The second-order valence-electron chi connectivity index (χ2n) is 6.24. The number of hydrogen-bond acceptors (Lipinski definition) is 3. The summed E-state index contributed by atoms with van der Waals surface area (Å²) >= 11 is 0. The second-order valence-corrected chi connectivity index (χ2v) is 6.24. The van der Waals surface area contributed by atoms with E-state index in [9.17, 15) is 0 Å². The number of likely N-dealkylation sites (N-methyl/N-ethyl adjacent to an activating group) is 1. The van der Waals surface area contributed by atoms with Gasteiger partial charge in [-0.15, -0.1) is 0 Å². The van der Waals surface area contributed by atoms with Gasteiger partial charge in [-0.05, 0) is 38.1 Å². The highest BCUT2D eigenvalue weighted by Gasteiger charge is 2.19. The summed E-state index contributed by atoms with van der Waals surface area (Å²) in [4.78, 5) is 7.15. The number of aromatic nitrogens is 1. The van der Waals surface area contributed by atoms with Gasteiger partial charge >= 0.3 is 0 Å². The number of nitrogens with zero attached hydrogens (tertiary/aromatic N) is 2. The van der Waals surface area contributed by atoms with Crippen molar-refractivity contribution in [1.29, 1.82) is 0 Å². The molecule has 120 valence electrons. The van der Waals surface area contributed by atoms with Gasteiger partial charge in [-0.25, -0.2) is 0 Å². The van der Waals surface area contributed by atoms with Gasteiger partial charge in [0.2, 0.25) is 0 Å². The molecular formula is C19H29N3. The van der Waals surface area contributed by atoms with Gasteiger partial charge in [0, 0.05) is 29.4 Å². The van der Waals surface area contributed by atoms with Gasteiger partial charge in [0.1, 0.15) is 0 Å². The molecule has 1 aromatic carbocycles. The number of para-hydroxylation sites is 1. The molecule has 22 heavy (non-hydrogen) atoms. The van der Waals surface area contributed by atoms with Crippen molar-refractivity contribution < 1.29 is 0 Å². The van der Waals surface area contributed by atoms with Crippen LogP contribution in [-0.4, -0.2) is 35.6 Å². The molecule has 0 radical (unpaired) electrons. The first-order valence-corrected chi connectivity index (χ1v) is 8.41. The summed E-state index contributed by atoms with van der Waals surface area (Å²) in [5.74, 6) is 0.626. The van der Waals surface area contributed by atoms with Crippen LogP contribution in [-0.2, 0) is 0 Å². The van der Waals surface area contributed by atoms with E-state index >= 15 is 0 Å². The lowest BCUT2D eigenvalue weighted by Crippen LogP contribution is -2.43. The van der Waals surface area contributed by atoms with E-state index in [2.05, 4.69) is 74.1 Å². The average Bonchev–Trinajstić information content (AvgIpc) is 2.50. The van der Waals surface area contributed by atoms with Crippen molar-refractivity contribution in [2.45, 2.75) is 40.7 Å². The van der Waals surface area contributed by atoms with Crippen LogP contribution in [0.4, 0.5) is 5.69 Å². The van der Waals surface area contributed by atoms with Gasteiger partial charge in [-0.3, -0.25) is 9.88 Å². The van der Waals surface area contributed by atoms with Crippen LogP contribution < -0.4 is 5.32 Å². The molecule has 0 amide bonds. The number of aryl methyl sites for hydroxylation is 1. The van der Waals surface area contributed by atoms with E-state index < -0.39 is 0 Å². The molecule has 0 aliphatic carbocycles. The molecule has 3 heteroatoms. The summed E-state index contributed by atoms with van der Waals surface area (Å²) in [5.41, 5.74) is 3.32. The van der Waals surface area contributed by atoms with Crippen molar-refractivity contribution in [1.82, 2.24) is 9.88 Å². The fraction of sp³-hybridized carbons (Fsp3) is 0.526. The van der Waals surface area contributed by atoms with Crippen LogP contribution in [0.5, 0.6) is 0 Å². The van der Waals surface area contributed by atoms with Crippen LogP contribution in [0, 0.1) is 12.8 Å². The smallest absolute Gasteiger partial charge is 0.0725 e. The van der Waals surface area contributed by atoms with Gasteiger partial charge in [0.25, 0.3) is 0 Å². The molecule has 1 unspecified atom stereocenters. The fourth-order valence-electron chi connectivity index (χ4n) is 3.15. The Morgan fingerprint density at radius 3 is 2.45 bits per heavy atom. The maximum absolute atomic E-state index is 4.62. The van der Waals surface area contributed by atoms with Crippen molar-refractivity contribution in [2.24, 2.45) is 5.92 Å². The first-order valence-electron chi connectivity index (χ1n) is 8.41. The molecule has 1 aromatic heterocycles. The molecule has 3 nitrogen and oxygen atoms in total. The topological polar surface area (TPSA) is 28.2 Å². The number of fused-ring (bicyclic) bond motifs is 1. The minimum absolute atomic E-state index is 0.544. The number of nitrogens with one attached hydrogen (secondary N) is 1. The van der Waals surface area contributed by atoms with Crippen molar-refractivity contribution in [3.63, 3.8) is 0 Å². The lowest BCUT2D eigenvalue weighted by molar-refractivity contribution is 0.180. The Kier molecular flexibility index (Phi) is 5.78. The van der Waals surface area contributed by atoms with Crippen LogP contribution in [0.3, 0.4) is 0 Å². The summed E-state index contributed by atoms with van der Waals surface area (Å²) in [6.45, 7) is 14.3. The molecule has 0 aliphatic heterocycles. The van der Waals surface area contributed by atoms with Crippen LogP contribution in [0.15, 0.2) is 30.3 Å². The molecule has 0 saturated heterocycles. The highest BCUT2D eigenvalue weighted by atomic mass is 15.2. The predicted molar refractivity (Wildman–Crippen MR) is 96.5 cm³/mol. The Hall–Kier alpha value is -1.61. The Labute approximate surface area is 134 Å². The van der Waals surface area contributed by atoms with Gasteiger partial charge in [0.15, 0.2) is 0 Å². The summed E-state index contributed by atoms with van der Waals surface area (Å²) < 4.78 is 0. The van der Waals surface area contributed by atoms with E-state index in [-0.39, 0.29) is 0 Å². The predicted octanol–water partition coefficient (Wildman–Crippen LogP) is 4.32. The molecule has 0 bridgehead atoms. The zero-order valence-electron chi connectivity index (χ0n) is 14.6. The van der Waals surface area contributed by atoms with E-state index in [0.29, 0.717) is 12.0 Å². The number of hydrogen-bond donors (Lipinski definition) is 1.